The van der Waals surface area contributed by atoms with Crippen LogP contribution in [0.25, 0.3) is 22.7 Å². The lowest BCUT2D eigenvalue weighted by atomic mass is 10.2. The zero-order chi connectivity index (χ0) is 19.3. The van der Waals surface area contributed by atoms with Gasteiger partial charge in [-0.1, -0.05) is 84.1 Å². The van der Waals surface area contributed by atoms with Crippen LogP contribution < -0.4 is 5.56 Å². The SMILES string of the molecule is Cc1ccc(-n2c(SCC=Cc3ccccc3)nc3ccccc3c2=O)cc1. The van der Waals surface area contributed by atoms with Crippen molar-refractivity contribution >= 4 is 28.7 Å². The molecule has 0 bridgehead atoms. The summed E-state index contributed by atoms with van der Waals surface area (Å²) < 4.78 is 1.71. The van der Waals surface area contributed by atoms with Crippen molar-refractivity contribution in [3.63, 3.8) is 0 Å². The number of hydrogen-bond donors (Lipinski definition) is 0. The van der Waals surface area contributed by atoms with Crippen LogP contribution in [0.2, 0.25) is 0 Å². The van der Waals surface area contributed by atoms with Crippen LogP contribution in [0.15, 0.2) is 94.9 Å². The highest BCUT2D eigenvalue weighted by molar-refractivity contribution is 7.99. The summed E-state index contributed by atoms with van der Waals surface area (Å²) in [5, 5.41) is 1.33. The number of nitrogens with zero attached hydrogens (tertiary/aromatic N) is 2. The molecule has 0 saturated heterocycles. The van der Waals surface area contributed by atoms with Crippen LogP contribution in [-0.2, 0) is 0 Å². The molecular weight excluding hydrogens is 364 g/mol. The minimum Gasteiger partial charge on any atom is -0.268 e. The molecule has 4 aromatic rings. The maximum absolute atomic E-state index is 13.2. The fourth-order valence-corrected chi connectivity index (χ4v) is 3.82. The molecule has 0 aliphatic rings. The van der Waals surface area contributed by atoms with Crippen LogP contribution in [0.3, 0.4) is 0 Å². The molecule has 3 nitrogen and oxygen atoms in total. The van der Waals surface area contributed by atoms with Crippen molar-refractivity contribution in [1.29, 1.82) is 0 Å². The first kappa shape index (κ1) is 18.3. The summed E-state index contributed by atoms with van der Waals surface area (Å²) in [7, 11) is 0. The van der Waals surface area contributed by atoms with Crippen LogP contribution in [0.5, 0.6) is 0 Å². The third-order valence-electron chi connectivity index (χ3n) is 4.46. The van der Waals surface area contributed by atoms with E-state index < -0.39 is 0 Å². The minimum absolute atomic E-state index is 0.0380. The highest BCUT2D eigenvalue weighted by Crippen LogP contribution is 2.22. The average Bonchev–Trinajstić information content (AvgIpc) is 2.73. The van der Waals surface area contributed by atoms with Crippen molar-refractivity contribution in [3.8, 4) is 5.69 Å². The molecule has 0 aliphatic carbocycles. The molecule has 0 atom stereocenters. The first-order valence-electron chi connectivity index (χ1n) is 9.15. The highest BCUT2D eigenvalue weighted by atomic mass is 32.2. The number of para-hydroxylation sites is 1. The Morgan fingerprint density at radius 3 is 2.43 bits per heavy atom. The normalized spacial score (nSPS) is 11.3. The van der Waals surface area contributed by atoms with Gasteiger partial charge in [-0.05, 0) is 36.8 Å². The third-order valence-corrected chi connectivity index (χ3v) is 5.35. The summed E-state index contributed by atoms with van der Waals surface area (Å²) in [6, 6.07) is 25.7. The van der Waals surface area contributed by atoms with Gasteiger partial charge in [-0.2, -0.15) is 0 Å². The molecule has 0 radical (unpaired) electrons. The van der Waals surface area contributed by atoms with E-state index in [0.29, 0.717) is 10.5 Å². The Morgan fingerprint density at radius 1 is 0.929 bits per heavy atom. The first-order chi connectivity index (χ1) is 13.7. The number of rotatable bonds is 5. The Labute approximate surface area is 168 Å². The molecule has 0 fully saturated rings. The van der Waals surface area contributed by atoms with Crippen LogP contribution in [0, 0.1) is 6.92 Å². The van der Waals surface area contributed by atoms with Gasteiger partial charge in [0.2, 0.25) is 0 Å². The minimum atomic E-state index is -0.0380. The maximum Gasteiger partial charge on any atom is 0.266 e. The molecule has 0 unspecified atom stereocenters. The average molecular weight is 385 g/mol. The Balaban J connectivity index is 1.71. The number of aromatic nitrogens is 2. The van der Waals surface area contributed by atoms with Crippen LogP contribution in [0.1, 0.15) is 11.1 Å². The van der Waals surface area contributed by atoms with Crippen LogP contribution in [0.4, 0.5) is 0 Å². The second-order valence-corrected chi connectivity index (χ2v) is 7.50. The number of aryl methyl sites for hydroxylation is 1. The van der Waals surface area contributed by atoms with Gasteiger partial charge in [0.15, 0.2) is 5.16 Å². The first-order valence-corrected chi connectivity index (χ1v) is 10.1. The van der Waals surface area contributed by atoms with E-state index >= 15 is 0 Å². The fourth-order valence-electron chi connectivity index (χ4n) is 3.00. The molecule has 138 valence electrons. The van der Waals surface area contributed by atoms with Gasteiger partial charge in [0.25, 0.3) is 5.56 Å². The summed E-state index contributed by atoms with van der Waals surface area (Å²) >= 11 is 1.56. The lowest BCUT2D eigenvalue weighted by Crippen LogP contribution is -2.21. The quantitative estimate of drug-likeness (QED) is 0.337. The van der Waals surface area contributed by atoms with Crippen molar-refractivity contribution < 1.29 is 0 Å². The summed E-state index contributed by atoms with van der Waals surface area (Å²) in [5.41, 5.74) is 3.84. The molecule has 4 rings (SSSR count). The number of thioether (sulfide) groups is 1. The molecule has 0 saturated carbocycles. The van der Waals surface area contributed by atoms with Gasteiger partial charge in [0, 0.05) is 5.75 Å². The topological polar surface area (TPSA) is 34.9 Å². The molecule has 0 spiro atoms. The van der Waals surface area contributed by atoms with E-state index in [1.807, 2.05) is 73.7 Å². The fraction of sp³-hybridized carbons (Fsp3) is 0.0833. The zero-order valence-corrected chi connectivity index (χ0v) is 16.4. The summed E-state index contributed by atoms with van der Waals surface area (Å²) in [4.78, 5) is 18.0. The van der Waals surface area contributed by atoms with Crippen molar-refractivity contribution in [2.24, 2.45) is 0 Å². The molecule has 28 heavy (non-hydrogen) atoms. The van der Waals surface area contributed by atoms with E-state index in [0.717, 1.165) is 28.1 Å². The van der Waals surface area contributed by atoms with Crippen molar-refractivity contribution in [2.45, 2.75) is 12.1 Å². The summed E-state index contributed by atoms with van der Waals surface area (Å²) in [6.45, 7) is 2.04. The molecule has 1 heterocycles. The molecule has 1 aromatic heterocycles. The van der Waals surface area contributed by atoms with E-state index in [4.69, 9.17) is 4.98 Å². The lowest BCUT2D eigenvalue weighted by molar-refractivity contribution is 0.820. The summed E-state index contributed by atoms with van der Waals surface area (Å²) in [6.07, 6.45) is 4.18. The van der Waals surface area contributed by atoms with Gasteiger partial charge in [-0.15, -0.1) is 0 Å². The maximum atomic E-state index is 13.2. The molecule has 3 aromatic carbocycles. The van der Waals surface area contributed by atoms with Gasteiger partial charge < -0.3 is 0 Å². The lowest BCUT2D eigenvalue weighted by Gasteiger charge is -2.13. The molecule has 0 aliphatic heterocycles. The van der Waals surface area contributed by atoms with Crippen molar-refractivity contribution in [3.05, 3.63) is 106 Å². The highest BCUT2D eigenvalue weighted by Gasteiger charge is 2.12. The Kier molecular flexibility index (Phi) is 5.40. The molecule has 0 N–H and O–H groups in total. The molecule has 4 heteroatoms. The second kappa shape index (κ2) is 8.28. The van der Waals surface area contributed by atoms with Gasteiger partial charge >= 0.3 is 0 Å². The third kappa shape index (κ3) is 3.92. The van der Waals surface area contributed by atoms with Crippen molar-refractivity contribution in [2.75, 3.05) is 5.75 Å². The monoisotopic (exact) mass is 384 g/mol. The van der Waals surface area contributed by atoms with Gasteiger partial charge in [-0.3, -0.25) is 9.36 Å². The Hall–Kier alpha value is -3.11. The Bertz CT molecular complexity index is 1180. The number of fused-ring (bicyclic) bond motifs is 1. The smallest absolute Gasteiger partial charge is 0.266 e. The zero-order valence-electron chi connectivity index (χ0n) is 15.6. The largest absolute Gasteiger partial charge is 0.268 e. The van der Waals surface area contributed by atoms with E-state index in [1.54, 1.807) is 16.3 Å². The number of benzene rings is 3. The van der Waals surface area contributed by atoms with Gasteiger partial charge in [0.05, 0.1) is 16.6 Å². The predicted molar refractivity (Wildman–Crippen MR) is 118 cm³/mol. The van der Waals surface area contributed by atoms with Crippen LogP contribution in [-0.4, -0.2) is 15.3 Å². The van der Waals surface area contributed by atoms with Gasteiger partial charge in [-0.25, -0.2) is 4.98 Å². The molecule has 0 amide bonds. The van der Waals surface area contributed by atoms with E-state index in [1.165, 1.54) is 0 Å². The predicted octanol–water partition coefficient (Wildman–Crippen LogP) is 5.50. The van der Waals surface area contributed by atoms with E-state index in [2.05, 4.69) is 24.3 Å². The van der Waals surface area contributed by atoms with Gasteiger partial charge in [0.1, 0.15) is 0 Å². The second-order valence-electron chi connectivity index (χ2n) is 6.51. The molecular formula is C24H20N2OS. The van der Waals surface area contributed by atoms with E-state index in [-0.39, 0.29) is 5.56 Å². The standard InChI is InChI=1S/C24H20N2OS/c1-18-13-15-20(16-14-18)26-23(27)21-11-5-6-12-22(21)25-24(26)28-17-7-10-19-8-3-2-4-9-19/h2-16H,17H2,1H3. The van der Waals surface area contributed by atoms with Crippen molar-refractivity contribution in [1.82, 2.24) is 9.55 Å². The number of hydrogen-bond acceptors (Lipinski definition) is 3. The summed E-state index contributed by atoms with van der Waals surface area (Å²) in [5.74, 6) is 0.728. The van der Waals surface area contributed by atoms with E-state index in [9.17, 15) is 4.79 Å². The Morgan fingerprint density at radius 2 is 1.64 bits per heavy atom. The van der Waals surface area contributed by atoms with Crippen LogP contribution >= 0.6 is 11.8 Å².